The van der Waals surface area contributed by atoms with Gasteiger partial charge in [-0.25, -0.2) is 4.98 Å². The lowest BCUT2D eigenvalue weighted by Crippen LogP contribution is -2.30. The van der Waals surface area contributed by atoms with Gasteiger partial charge in [0.2, 0.25) is 0 Å². The van der Waals surface area contributed by atoms with Crippen LogP contribution < -0.4 is 11.3 Å². The number of pyridine rings is 1. The SMILES string of the molecule is NC(=O)c1cc([N+](=O)[O-])cn(Cc2csc(-c3ccco3)n2)c1=O. The summed E-state index contributed by atoms with van der Waals surface area (Å²) in [5.74, 6) is -0.442. The Kier molecular flexibility index (Phi) is 3.96. The van der Waals surface area contributed by atoms with Gasteiger partial charge in [-0.15, -0.1) is 11.3 Å². The van der Waals surface area contributed by atoms with Crippen molar-refractivity contribution in [3.63, 3.8) is 0 Å². The zero-order valence-electron chi connectivity index (χ0n) is 12.0. The number of amides is 1. The summed E-state index contributed by atoms with van der Waals surface area (Å²) in [6.45, 7) is -0.0298. The second kappa shape index (κ2) is 6.08. The first-order chi connectivity index (χ1) is 11.5. The van der Waals surface area contributed by atoms with Gasteiger partial charge in [-0.2, -0.15) is 0 Å². The van der Waals surface area contributed by atoms with E-state index in [0.29, 0.717) is 16.5 Å². The molecule has 10 heteroatoms. The maximum Gasteiger partial charge on any atom is 0.286 e. The number of thiazole rings is 1. The van der Waals surface area contributed by atoms with E-state index in [1.165, 1.54) is 17.6 Å². The monoisotopic (exact) mass is 346 g/mol. The first-order valence-electron chi connectivity index (χ1n) is 6.62. The van der Waals surface area contributed by atoms with Crippen molar-refractivity contribution >= 4 is 22.9 Å². The number of nitrogens with zero attached hydrogens (tertiary/aromatic N) is 3. The van der Waals surface area contributed by atoms with E-state index >= 15 is 0 Å². The lowest BCUT2D eigenvalue weighted by molar-refractivity contribution is -0.385. The van der Waals surface area contributed by atoms with Crippen molar-refractivity contribution in [3.8, 4) is 10.8 Å². The Labute approximate surface area is 138 Å². The van der Waals surface area contributed by atoms with Crippen LogP contribution in [-0.4, -0.2) is 20.4 Å². The third-order valence-electron chi connectivity index (χ3n) is 3.16. The Bertz CT molecular complexity index is 973. The molecule has 1 amide bonds. The molecular formula is C14H10N4O5S. The molecule has 3 heterocycles. The Morgan fingerprint density at radius 3 is 2.92 bits per heavy atom. The summed E-state index contributed by atoms with van der Waals surface area (Å²) in [7, 11) is 0. The average molecular weight is 346 g/mol. The number of furan rings is 1. The van der Waals surface area contributed by atoms with Crippen LogP contribution in [0.25, 0.3) is 10.8 Å². The number of hydrogen-bond donors (Lipinski definition) is 1. The summed E-state index contributed by atoms with van der Waals surface area (Å²) in [6, 6.07) is 4.34. The summed E-state index contributed by atoms with van der Waals surface area (Å²) in [5.41, 5.74) is 4.07. The highest BCUT2D eigenvalue weighted by atomic mass is 32.1. The highest BCUT2D eigenvalue weighted by Crippen LogP contribution is 2.24. The molecule has 9 nitrogen and oxygen atoms in total. The van der Waals surface area contributed by atoms with Crippen LogP contribution in [0.1, 0.15) is 16.1 Å². The van der Waals surface area contributed by atoms with Gasteiger partial charge in [-0.3, -0.25) is 19.7 Å². The molecule has 0 fully saturated rings. The van der Waals surface area contributed by atoms with E-state index < -0.39 is 27.6 Å². The predicted molar refractivity (Wildman–Crippen MR) is 84.8 cm³/mol. The van der Waals surface area contributed by atoms with E-state index in [9.17, 15) is 19.7 Å². The topological polar surface area (TPSA) is 134 Å². The smallest absolute Gasteiger partial charge is 0.286 e. The van der Waals surface area contributed by atoms with Gasteiger partial charge in [0.1, 0.15) is 5.56 Å². The Morgan fingerprint density at radius 1 is 1.50 bits per heavy atom. The number of primary amides is 1. The van der Waals surface area contributed by atoms with Gasteiger partial charge in [0.05, 0.1) is 29.6 Å². The highest BCUT2D eigenvalue weighted by Gasteiger charge is 2.18. The average Bonchev–Trinajstić information content (AvgIpc) is 3.19. The number of rotatable bonds is 5. The molecule has 0 saturated heterocycles. The molecule has 0 radical (unpaired) electrons. The van der Waals surface area contributed by atoms with Gasteiger partial charge in [0, 0.05) is 11.4 Å². The summed E-state index contributed by atoms with van der Waals surface area (Å²) in [6.07, 6.45) is 2.57. The second-order valence-electron chi connectivity index (χ2n) is 4.79. The van der Waals surface area contributed by atoms with Gasteiger partial charge in [0.15, 0.2) is 10.8 Å². The van der Waals surface area contributed by atoms with E-state index in [2.05, 4.69) is 4.98 Å². The molecule has 0 saturated carbocycles. The van der Waals surface area contributed by atoms with E-state index in [4.69, 9.17) is 10.2 Å². The number of carbonyl (C=O) groups excluding carboxylic acids is 1. The minimum Gasteiger partial charge on any atom is -0.462 e. The molecule has 3 aromatic heterocycles. The molecule has 2 N–H and O–H groups in total. The standard InChI is InChI=1S/C14H10N4O5S/c15-12(19)10-4-9(18(21)22)6-17(14(10)20)5-8-7-24-13(16-8)11-2-1-3-23-11/h1-4,6-7H,5H2,(H2,15,19). The predicted octanol–water partition coefficient (Wildman–Crippen LogP) is 1.62. The first kappa shape index (κ1) is 15.6. The molecule has 0 aliphatic rings. The number of carbonyl (C=O) groups is 1. The van der Waals surface area contributed by atoms with Crippen LogP contribution in [0.2, 0.25) is 0 Å². The van der Waals surface area contributed by atoms with Crippen molar-refractivity contribution in [2.75, 3.05) is 0 Å². The maximum atomic E-state index is 12.2. The van der Waals surface area contributed by atoms with Gasteiger partial charge < -0.3 is 14.7 Å². The van der Waals surface area contributed by atoms with Crippen molar-refractivity contribution in [2.24, 2.45) is 5.73 Å². The molecule has 3 rings (SSSR count). The van der Waals surface area contributed by atoms with E-state index in [0.717, 1.165) is 16.8 Å². The third-order valence-corrected chi connectivity index (χ3v) is 4.07. The Balaban J connectivity index is 1.99. The number of aromatic nitrogens is 2. The number of nitrogens with two attached hydrogens (primary N) is 1. The van der Waals surface area contributed by atoms with Crippen LogP contribution in [0.3, 0.4) is 0 Å². The van der Waals surface area contributed by atoms with E-state index in [-0.39, 0.29) is 6.54 Å². The van der Waals surface area contributed by atoms with E-state index in [1.54, 1.807) is 17.5 Å². The largest absolute Gasteiger partial charge is 0.462 e. The minimum absolute atomic E-state index is 0.0298. The first-order valence-corrected chi connectivity index (χ1v) is 7.50. The van der Waals surface area contributed by atoms with Crippen molar-refractivity contribution < 1.29 is 14.1 Å². The molecule has 0 atom stereocenters. The molecule has 0 aliphatic carbocycles. The third kappa shape index (κ3) is 2.94. The quantitative estimate of drug-likeness (QED) is 0.551. The summed E-state index contributed by atoms with van der Waals surface area (Å²) >= 11 is 1.31. The Hall–Kier alpha value is -3.27. The molecule has 122 valence electrons. The van der Waals surface area contributed by atoms with Crippen LogP contribution >= 0.6 is 11.3 Å². The van der Waals surface area contributed by atoms with Crippen molar-refractivity contribution in [1.29, 1.82) is 0 Å². The van der Waals surface area contributed by atoms with Crippen LogP contribution in [0.4, 0.5) is 5.69 Å². The van der Waals surface area contributed by atoms with Crippen LogP contribution in [0.5, 0.6) is 0 Å². The lowest BCUT2D eigenvalue weighted by Gasteiger charge is -2.05. The molecule has 0 bridgehead atoms. The van der Waals surface area contributed by atoms with Crippen molar-refractivity contribution in [2.45, 2.75) is 6.54 Å². The molecule has 0 aromatic carbocycles. The van der Waals surface area contributed by atoms with Gasteiger partial charge in [-0.1, -0.05) is 0 Å². The summed E-state index contributed by atoms with van der Waals surface area (Å²) in [4.78, 5) is 38.1. The Morgan fingerprint density at radius 2 is 2.29 bits per heavy atom. The van der Waals surface area contributed by atoms with Gasteiger partial charge >= 0.3 is 0 Å². The van der Waals surface area contributed by atoms with Gasteiger partial charge in [-0.05, 0) is 12.1 Å². The fraction of sp³-hybridized carbons (Fsp3) is 0.0714. The molecule has 0 aliphatic heterocycles. The number of hydrogen-bond acceptors (Lipinski definition) is 7. The molecule has 3 aromatic rings. The fourth-order valence-corrected chi connectivity index (χ4v) is 2.86. The fourth-order valence-electron chi connectivity index (χ4n) is 2.08. The molecular weight excluding hydrogens is 336 g/mol. The van der Waals surface area contributed by atoms with Gasteiger partial charge in [0.25, 0.3) is 17.2 Å². The lowest BCUT2D eigenvalue weighted by atomic mass is 10.2. The second-order valence-corrected chi connectivity index (χ2v) is 5.65. The zero-order valence-corrected chi connectivity index (χ0v) is 12.9. The summed E-state index contributed by atoms with van der Waals surface area (Å²) in [5, 5.41) is 13.3. The van der Waals surface area contributed by atoms with E-state index in [1.807, 2.05) is 0 Å². The molecule has 0 spiro atoms. The highest BCUT2D eigenvalue weighted by molar-refractivity contribution is 7.13. The minimum atomic E-state index is -1.02. The zero-order chi connectivity index (χ0) is 17.3. The maximum absolute atomic E-state index is 12.2. The molecule has 24 heavy (non-hydrogen) atoms. The molecule has 0 unspecified atom stereocenters. The van der Waals surface area contributed by atoms with Crippen molar-refractivity contribution in [1.82, 2.24) is 9.55 Å². The van der Waals surface area contributed by atoms with Crippen LogP contribution in [0.15, 0.2) is 45.3 Å². The normalized spacial score (nSPS) is 10.7. The van der Waals surface area contributed by atoms with Crippen LogP contribution in [-0.2, 0) is 6.54 Å². The summed E-state index contributed by atoms with van der Waals surface area (Å²) < 4.78 is 6.28. The van der Waals surface area contributed by atoms with Crippen LogP contribution in [0, 0.1) is 10.1 Å². The number of nitro groups is 1. The van der Waals surface area contributed by atoms with Crippen molar-refractivity contribution in [3.05, 3.63) is 67.8 Å².